The maximum Gasteiger partial charge on any atom is 0.279 e. The van der Waals surface area contributed by atoms with Crippen LogP contribution in [0.25, 0.3) is 0 Å². The summed E-state index contributed by atoms with van der Waals surface area (Å²) in [6.45, 7) is 5.22. The van der Waals surface area contributed by atoms with Gasteiger partial charge in [0.25, 0.3) is 10.0 Å². The summed E-state index contributed by atoms with van der Waals surface area (Å²) >= 11 is 2.18. The van der Waals surface area contributed by atoms with Gasteiger partial charge in [0.05, 0.1) is 6.21 Å². The maximum absolute atomic E-state index is 12.8. The highest BCUT2D eigenvalue weighted by Gasteiger charge is 2.25. The van der Waals surface area contributed by atoms with Crippen molar-refractivity contribution in [1.29, 1.82) is 0 Å². The maximum atomic E-state index is 12.8. The molecule has 0 radical (unpaired) electrons. The first-order chi connectivity index (χ1) is 11.8. The van der Waals surface area contributed by atoms with Crippen LogP contribution >= 0.6 is 22.6 Å². The third-order valence-corrected chi connectivity index (χ3v) is 5.87. The van der Waals surface area contributed by atoms with Crippen LogP contribution in [-0.2, 0) is 10.0 Å². The monoisotopic (exact) mass is 468 g/mol. The number of benzene rings is 2. The topological polar surface area (TPSA) is 66.8 Å². The Morgan fingerprint density at radius 2 is 1.84 bits per heavy atom. The third-order valence-electron chi connectivity index (χ3n) is 3.45. The molecule has 0 aliphatic carbocycles. The van der Waals surface area contributed by atoms with Crippen molar-refractivity contribution < 1.29 is 13.2 Å². The van der Waals surface area contributed by atoms with E-state index in [-0.39, 0.29) is 10.5 Å². The molecule has 0 atom stereocenters. The van der Waals surface area contributed by atoms with Crippen molar-refractivity contribution in [3.63, 3.8) is 0 Å². The first-order valence-electron chi connectivity index (χ1n) is 7.31. The van der Waals surface area contributed by atoms with Gasteiger partial charge in [-0.25, -0.2) is 0 Å². The molecule has 130 valence electrons. The van der Waals surface area contributed by atoms with Crippen molar-refractivity contribution in [2.24, 2.45) is 5.10 Å². The molecule has 0 aliphatic heterocycles. The second-order valence-electron chi connectivity index (χ2n) is 5.30. The van der Waals surface area contributed by atoms with Crippen molar-refractivity contribution in [2.45, 2.75) is 11.8 Å². The van der Waals surface area contributed by atoms with Crippen LogP contribution in [0.5, 0.6) is 0 Å². The Morgan fingerprint density at radius 3 is 2.44 bits per heavy atom. The largest absolute Gasteiger partial charge is 0.289 e. The standard InChI is InChI=1S/C18H17IN2O3S/c1-4-17(22)16-11-13(2)5-10-18(16)25(23,24)21(3)20-12-14-6-8-15(19)9-7-14/h4-12H,1H2,2-3H3/b20-12+. The van der Waals surface area contributed by atoms with Crippen molar-refractivity contribution in [3.05, 3.63) is 75.4 Å². The number of aryl methyl sites for hydroxylation is 1. The fourth-order valence-electron chi connectivity index (χ4n) is 2.07. The zero-order chi connectivity index (χ0) is 18.6. The normalized spacial score (nSPS) is 11.5. The SMILES string of the molecule is C=CC(=O)c1cc(C)ccc1S(=O)(=O)N(C)/N=C/c1ccc(I)cc1. The summed E-state index contributed by atoms with van der Waals surface area (Å²) in [7, 11) is -2.62. The second-order valence-corrected chi connectivity index (χ2v) is 8.47. The smallest absolute Gasteiger partial charge is 0.279 e. The van der Waals surface area contributed by atoms with E-state index < -0.39 is 15.8 Å². The molecule has 5 nitrogen and oxygen atoms in total. The Labute approximate surface area is 161 Å². The van der Waals surface area contributed by atoms with Gasteiger partial charge in [0.2, 0.25) is 0 Å². The summed E-state index contributed by atoms with van der Waals surface area (Å²) < 4.78 is 27.5. The Bertz CT molecular complexity index is 935. The number of carbonyl (C=O) groups is 1. The number of allylic oxidation sites excluding steroid dienone is 1. The van der Waals surface area contributed by atoms with E-state index in [0.29, 0.717) is 0 Å². The Kier molecular flexibility index (Phi) is 6.12. The molecule has 0 saturated carbocycles. The van der Waals surface area contributed by atoms with Gasteiger partial charge >= 0.3 is 0 Å². The van der Waals surface area contributed by atoms with Gasteiger partial charge in [0.15, 0.2) is 5.78 Å². The summed E-state index contributed by atoms with van der Waals surface area (Å²) in [5.41, 5.74) is 1.65. The number of halogens is 1. The van der Waals surface area contributed by atoms with Gasteiger partial charge in [0, 0.05) is 16.2 Å². The van der Waals surface area contributed by atoms with Crippen LogP contribution in [0.1, 0.15) is 21.5 Å². The molecular formula is C18H17IN2O3S. The van der Waals surface area contributed by atoms with Crippen molar-refractivity contribution in [2.75, 3.05) is 7.05 Å². The zero-order valence-electron chi connectivity index (χ0n) is 13.8. The highest BCUT2D eigenvalue weighted by atomic mass is 127. The molecule has 0 spiro atoms. The lowest BCUT2D eigenvalue weighted by atomic mass is 10.1. The summed E-state index contributed by atoms with van der Waals surface area (Å²) in [6, 6.07) is 12.1. The van der Waals surface area contributed by atoms with Crippen molar-refractivity contribution in [1.82, 2.24) is 4.41 Å². The number of ketones is 1. The molecule has 0 heterocycles. The van der Waals surface area contributed by atoms with Crippen molar-refractivity contribution >= 4 is 44.6 Å². The third kappa shape index (κ3) is 4.55. The van der Waals surface area contributed by atoms with E-state index in [2.05, 4.69) is 34.3 Å². The summed E-state index contributed by atoms with van der Waals surface area (Å²) in [5.74, 6) is -0.447. The van der Waals surface area contributed by atoms with Gasteiger partial charge in [-0.3, -0.25) is 4.79 Å². The van der Waals surface area contributed by atoms with E-state index in [1.165, 1.54) is 25.4 Å². The zero-order valence-corrected chi connectivity index (χ0v) is 16.8. The van der Waals surface area contributed by atoms with Gasteiger partial charge in [-0.1, -0.05) is 30.3 Å². The van der Waals surface area contributed by atoms with E-state index in [0.717, 1.165) is 25.2 Å². The van der Waals surface area contributed by atoms with Gasteiger partial charge in [-0.2, -0.15) is 17.9 Å². The van der Waals surface area contributed by atoms with Crippen LogP contribution in [0.2, 0.25) is 0 Å². The molecule has 0 amide bonds. The molecule has 0 aliphatic rings. The first kappa shape index (κ1) is 19.3. The molecule has 0 fully saturated rings. The highest BCUT2D eigenvalue weighted by Crippen LogP contribution is 2.22. The van der Waals surface area contributed by atoms with E-state index in [1.54, 1.807) is 13.0 Å². The van der Waals surface area contributed by atoms with Crippen LogP contribution in [0, 0.1) is 10.5 Å². The van der Waals surface area contributed by atoms with Crippen LogP contribution in [0.3, 0.4) is 0 Å². The first-order valence-corrected chi connectivity index (χ1v) is 9.83. The minimum Gasteiger partial charge on any atom is -0.289 e. The molecule has 2 aromatic rings. The van der Waals surface area contributed by atoms with Crippen LogP contribution in [0.15, 0.2) is 65.1 Å². The highest BCUT2D eigenvalue weighted by molar-refractivity contribution is 14.1. The average molecular weight is 468 g/mol. The Hall–Kier alpha value is -2.00. The average Bonchev–Trinajstić information content (AvgIpc) is 2.59. The quantitative estimate of drug-likeness (QED) is 0.214. The van der Waals surface area contributed by atoms with Crippen molar-refractivity contribution in [3.8, 4) is 0 Å². The second kappa shape index (κ2) is 7.92. The lowest BCUT2D eigenvalue weighted by Crippen LogP contribution is -2.24. The molecule has 0 N–H and O–H groups in total. The fraction of sp³-hybridized carbons (Fsp3) is 0.111. The number of rotatable bonds is 6. The van der Waals surface area contributed by atoms with E-state index in [4.69, 9.17) is 0 Å². The van der Waals surface area contributed by atoms with Gasteiger partial charge in [-0.15, -0.1) is 0 Å². The summed E-state index contributed by atoms with van der Waals surface area (Å²) in [5, 5.41) is 4.00. The molecule has 2 aromatic carbocycles. The lowest BCUT2D eigenvalue weighted by molar-refractivity contribution is 0.104. The molecule has 0 unspecified atom stereocenters. The Balaban J connectivity index is 2.39. The van der Waals surface area contributed by atoms with Crippen LogP contribution < -0.4 is 0 Å². The molecule has 0 saturated heterocycles. The molecule has 7 heteroatoms. The molecule has 0 aromatic heterocycles. The van der Waals surface area contributed by atoms with Crippen LogP contribution in [0.4, 0.5) is 0 Å². The van der Waals surface area contributed by atoms with Gasteiger partial charge < -0.3 is 0 Å². The molecular weight excluding hydrogens is 451 g/mol. The summed E-state index contributed by atoms with van der Waals surface area (Å²) in [6.07, 6.45) is 2.56. The molecule has 2 rings (SSSR count). The van der Waals surface area contributed by atoms with E-state index in [1.807, 2.05) is 24.3 Å². The number of sulfonamides is 1. The van der Waals surface area contributed by atoms with Crippen LogP contribution in [-0.4, -0.2) is 31.9 Å². The lowest BCUT2D eigenvalue weighted by Gasteiger charge is -2.16. The predicted molar refractivity (Wildman–Crippen MR) is 107 cm³/mol. The summed E-state index contributed by atoms with van der Waals surface area (Å²) in [4.78, 5) is 11.9. The number of hydrazone groups is 1. The minimum absolute atomic E-state index is 0.0892. The molecule has 25 heavy (non-hydrogen) atoms. The number of hydrogen-bond acceptors (Lipinski definition) is 4. The predicted octanol–water partition coefficient (Wildman–Crippen LogP) is 3.62. The number of nitrogens with zero attached hydrogens (tertiary/aromatic N) is 2. The van der Waals surface area contributed by atoms with Gasteiger partial charge in [0.1, 0.15) is 4.90 Å². The van der Waals surface area contributed by atoms with E-state index in [9.17, 15) is 13.2 Å². The number of hydrogen-bond donors (Lipinski definition) is 0. The fourth-order valence-corrected chi connectivity index (χ4v) is 3.57. The van der Waals surface area contributed by atoms with Gasteiger partial charge in [-0.05, 0) is 65.4 Å². The Morgan fingerprint density at radius 1 is 1.20 bits per heavy atom. The number of carbonyl (C=O) groups excluding carboxylic acids is 1. The van der Waals surface area contributed by atoms with E-state index >= 15 is 0 Å². The molecule has 0 bridgehead atoms. The minimum atomic E-state index is -3.95.